The topological polar surface area (TPSA) is 58.2 Å². The molecule has 0 radical (unpaired) electrons. The lowest BCUT2D eigenvalue weighted by Crippen LogP contribution is -2.13. The molecule has 0 spiro atoms. The van der Waals surface area contributed by atoms with E-state index >= 15 is 0 Å². The summed E-state index contributed by atoms with van der Waals surface area (Å²) in [4.78, 5) is 25.4. The average molecular weight is 362 g/mol. The third-order valence-electron chi connectivity index (χ3n) is 3.61. The van der Waals surface area contributed by atoms with Crippen LogP contribution < -0.4 is 10.6 Å². The lowest BCUT2D eigenvalue weighted by molar-refractivity contribution is -0.111. The first kappa shape index (κ1) is 17.6. The van der Waals surface area contributed by atoms with Gasteiger partial charge in [0.1, 0.15) is 0 Å². The highest BCUT2D eigenvalue weighted by atomic mass is 32.1. The van der Waals surface area contributed by atoms with Crippen molar-refractivity contribution in [2.24, 2.45) is 0 Å². The maximum absolute atomic E-state index is 12.4. The van der Waals surface area contributed by atoms with Crippen molar-refractivity contribution in [1.82, 2.24) is 0 Å². The van der Waals surface area contributed by atoms with Gasteiger partial charge in [0.25, 0.3) is 5.91 Å². The SMILES string of the molecule is Cc1cccc(NC(=O)c2cccc(NC(=O)/C=C/c3cccs3)c2)c1. The van der Waals surface area contributed by atoms with E-state index in [0.29, 0.717) is 11.3 Å². The summed E-state index contributed by atoms with van der Waals surface area (Å²) >= 11 is 1.56. The number of anilines is 2. The molecule has 0 aliphatic heterocycles. The zero-order chi connectivity index (χ0) is 18.4. The Morgan fingerprint density at radius 3 is 2.42 bits per heavy atom. The van der Waals surface area contributed by atoms with E-state index in [1.54, 1.807) is 41.7 Å². The normalized spacial score (nSPS) is 10.7. The summed E-state index contributed by atoms with van der Waals surface area (Å²) in [6, 6.07) is 18.3. The number of rotatable bonds is 5. The summed E-state index contributed by atoms with van der Waals surface area (Å²) in [5.74, 6) is -0.463. The summed E-state index contributed by atoms with van der Waals surface area (Å²) < 4.78 is 0. The van der Waals surface area contributed by atoms with Crippen molar-refractivity contribution < 1.29 is 9.59 Å². The summed E-state index contributed by atoms with van der Waals surface area (Å²) in [6.07, 6.45) is 3.24. The van der Waals surface area contributed by atoms with E-state index in [0.717, 1.165) is 16.1 Å². The number of carbonyl (C=O) groups is 2. The van der Waals surface area contributed by atoms with Crippen LogP contribution in [0.25, 0.3) is 6.08 Å². The fourth-order valence-electron chi connectivity index (χ4n) is 2.39. The molecule has 2 amide bonds. The molecule has 26 heavy (non-hydrogen) atoms. The number of thiophene rings is 1. The van der Waals surface area contributed by atoms with Crippen LogP contribution in [0.3, 0.4) is 0 Å². The molecule has 0 unspecified atom stereocenters. The number of benzene rings is 2. The van der Waals surface area contributed by atoms with Gasteiger partial charge in [0.2, 0.25) is 5.91 Å². The molecule has 1 aromatic heterocycles. The third kappa shape index (κ3) is 4.91. The van der Waals surface area contributed by atoms with Gasteiger partial charge in [-0.25, -0.2) is 0 Å². The highest BCUT2D eigenvalue weighted by Gasteiger charge is 2.08. The molecular weight excluding hydrogens is 344 g/mol. The summed E-state index contributed by atoms with van der Waals surface area (Å²) in [5.41, 5.74) is 2.86. The molecule has 1 heterocycles. The molecule has 0 saturated carbocycles. The fourth-order valence-corrected chi connectivity index (χ4v) is 3.01. The molecule has 2 N–H and O–H groups in total. The van der Waals surface area contributed by atoms with Crippen LogP contribution in [-0.2, 0) is 4.79 Å². The van der Waals surface area contributed by atoms with Crippen molar-refractivity contribution in [2.75, 3.05) is 10.6 Å². The van der Waals surface area contributed by atoms with E-state index in [-0.39, 0.29) is 11.8 Å². The maximum Gasteiger partial charge on any atom is 0.255 e. The van der Waals surface area contributed by atoms with Crippen LogP contribution in [0.5, 0.6) is 0 Å². The zero-order valence-electron chi connectivity index (χ0n) is 14.2. The Labute approximate surface area is 156 Å². The molecule has 0 atom stereocenters. The minimum absolute atomic E-state index is 0.221. The molecule has 3 rings (SSSR count). The second-order valence-corrected chi connectivity index (χ2v) is 6.72. The molecule has 0 bridgehead atoms. The van der Waals surface area contributed by atoms with Gasteiger partial charge in [-0.15, -0.1) is 11.3 Å². The van der Waals surface area contributed by atoms with Crippen LogP contribution in [0, 0.1) is 6.92 Å². The molecular formula is C21H18N2O2S. The Kier molecular flexibility index (Phi) is 5.61. The minimum atomic E-state index is -0.241. The van der Waals surface area contributed by atoms with Crippen LogP contribution in [0.4, 0.5) is 11.4 Å². The standard InChI is InChI=1S/C21H18N2O2S/c1-15-5-2-7-17(13-15)23-21(25)16-6-3-8-18(14-16)22-20(24)11-10-19-9-4-12-26-19/h2-14H,1H3,(H,22,24)(H,23,25)/b11-10+. The van der Waals surface area contributed by atoms with E-state index in [4.69, 9.17) is 0 Å². The molecule has 0 aliphatic rings. The smallest absolute Gasteiger partial charge is 0.255 e. The number of amides is 2. The van der Waals surface area contributed by atoms with Gasteiger partial charge in [-0.2, -0.15) is 0 Å². The average Bonchev–Trinajstić information content (AvgIpc) is 3.14. The molecule has 130 valence electrons. The zero-order valence-corrected chi connectivity index (χ0v) is 15.0. The van der Waals surface area contributed by atoms with Gasteiger partial charge in [0.05, 0.1) is 0 Å². The first-order valence-corrected chi connectivity index (χ1v) is 8.99. The third-order valence-corrected chi connectivity index (χ3v) is 4.45. The number of hydrogen-bond donors (Lipinski definition) is 2. The minimum Gasteiger partial charge on any atom is -0.322 e. The summed E-state index contributed by atoms with van der Waals surface area (Å²) in [7, 11) is 0. The Balaban J connectivity index is 1.65. The maximum atomic E-state index is 12.4. The molecule has 5 heteroatoms. The molecule has 2 aromatic carbocycles. The first-order chi connectivity index (χ1) is 12.6. The quantitative estimate of drug-likeness (QED) is 0.630. The Morgan fingerprint density at radius 1 is 0.923 bits per heavy atom. The Bertz CT molecular complexity index is 946. The van der Waals surface area contributed by atoms with Gasteiger partial charge in [-0.05, 0) is 60.3 Å². The van der Waals surface area contributed by atoms with Crippen molar-refractivity contribution in [1.29, 1.82) is 0 Å². The predicted molar refractivity (Wildman–Crippen MR) is 108 cm³/mol. The Morgan fingerprint density at radius 2 is 1.69 bits per heavy atom. The summed E-state index contributed by atoms with van der Waals surface area (Å²) in [5, 5.41) is 7.58. The van der Waals surface area contributed by atoms with Crippen LogP contribution in [0.15, 0.2) is 72.1 Å². The number of hydrogen-bond acceptors (Lipinski definition) is 3. The lowest BCUT2D eigenvalue weighted by atomic mass is 10.1. The van der Waals surface area contributed by atoms with Crippen molar-refractivity contribution in [3.8, 4) is 0 Å². The van der Waals surface area contributed by atoms with Gasteiger partial charge < -0.3 is 10.6 Å². The molecule has 0 aliphatic carbocycles. The molecule has 0 saturated heterocycles. The van der Waals surface area contributed by atoms with Crippen LogP contribution >= 0.6 is 11.3 Å². The second-order valence-electron chi connectivity index (χ2n) is 5.74. The lowest BCUT2D eigenvalue weighted by Gasteiger charge is -2.08. The van der Waals surface area contributed by atoms with E-state index < -0.39 is 0 Å². The van der Waals surface area contributed by atoms with Gasteiger partial charge in [-0.1, -0.05) is 24.3 Å². The van der Waals surface area contributed by atoms with E-state index in [9.17, 15) is 9.59 Å². The van der Waals surface area contributed by atoms with E-state index in [1.165, 1.54) is 6.08 Å². The second kappa shape index (κ2) is 8.27. The van der Waals surface area contributed by atoms with Crippen LogP contribution in [-0.4, -0.2) is 11.8 Å². The van der Waals surface area contributed by atoms with Crippen molar-refractivity contribution in [2.45, 2.75) is 6.92 Å². The van der Waals surface area contributed by atoms with Crippen molar-refractivity contribution >= 4 is 40.6 Å². The summed E-state index contributed by atoms with van der Waals surface area (Å²) in [6.45, 7) is 1.97. The molecule has 3 aromatic rings. The number of nitrogens with one attached hydrogen (secondary N) is 2. The van der Waals surface area contributed by atoms with E-state index in [2.05, 4.69) is 10.6 Å². The van der Waals surface area contributed by atoms with E-state index in [1.807, 2.05) is 48.7 Å². The first-order valence-electron chi connectivity index (χ1n) is 8.11. The number of aryl methyl sites for hydroxylation is 1. The van der Waals surface area contributed by atoms with Gasteiger partial charge in [0, 0.05) is 27.9 Å². The van der Waals surface area contributed by atoms with Crippen molar-refractivity contribution in [3.63, 3.8) is 0 Å². The fraction of sp³-hybridized carbons (Fsp3) is 0.0476. The van der Waals surface area contributed by atoms with Crippen molar-refractivity contribution in [3.05, 3.63) is 88.1 Å². The molecule has 4 nitrogen and oxygen atoms in total. The van der Waals surface area contributed by atoms with Gasteiger partial charge in [-0.3, -0.25) is 9.59 Å². The Hall–Kier alpha value is -3.18. The number of carbonyl (C=O) groups excluding carboxylic acids is 2. The molecule has 0 fully saturated rings. The van der Waals surface area contributed by atoms with Crippen LogP contribution in [0.2, 0.25) is 0 Å². The largest absolute Gasteiger partial charge is 0.322 e. The van der Waals surface area contributed by atoms with Gasteiger partial charge >= 0.3 is 0 Å². The monoisotopic (exact) mass is 362 g/mol. The van der Waals surface area contributed by atoms with Gasteiger partial charge in [0.15, 0.2) is 0 Å². The van der Waals surface area contributed by atoms with Crippen LogP contribution in [0.1, 0.15) is 20.8 Å². The highest BCUT2D eigenvalue weighted by molar-refractivity contribution is 7.10. The predicted octanol–water partition coefficient (Wildman–Crippen LogP) is 4.96. The highest BCUT2D eigenvalue weighted by Crippen LogP contribution is 2.15.